The summed E-state index contributed by atoms with van der Waals surface area (Å²) in [5.41, 5.74) is -1.03. The van der Waals surface area contributed by atoms with Gasteiger partial charge in [-0.2, -0.15) is 0 Å². The first-order valence-corrected chi connectivity index (χ1v) is 10.2. The predicted molar refractivity (Wildman–Crippen MR) is 105 cm³/mol. The number of benzene rings is 2. The number of nitrogens with two attached hydrogens (primary N) is 1. The lowest BCUT2D eigenvalue weighted by Crippen LogP contribution is -2.34. The zero-order valence-corrected chi connectivity index (χ0v) is 16.1. The van der Waals surface area contributed by atoms with E-state index in [1.807, 2.05) is 0 Å². The topological polar surface area (TPSA) is 111 Å². The van der Waals surface area contributed by atoms with Crippen molar-refractivity contribution >= 4 is 21.1 Å². The van der Waals surface area contributed by atoms with E-state index >= 15 is 0 Å². The van der Waals surface area contributed by atoms with Gasteiger partial charge in [-0.1, -0.05) is 30.3 Å². The Morgan fingerprint density at radius 2 is 1.83 bits per heavy atom. The highest BCUT2D eigenvalue weighted by Gasteiger charge is 2.42. The third-order valence-corrected chi connectivity index (χ3v) is 5.71. The molecule has 0 fully saturated rings. The van der Waals surface area contributed by atoms with Gasteiger partial charge in [0, 0.05) is 13.2 Å². The Kier molecular flexibility index (Phi) is 4.45. The van der Waals surface area contributed by atoms with Crippen molar-refractivity contribution in [3.8, 4) is 0 Å². The van der Waals surface area contributed by atoms with E-state index in [4.69, 9.17) is 5.14 Å². The zero-order valence-electron chi connectivity index (χ0n) is 15.3. The van der Waals surface area contributed by atoms with Gasteiger partial charge in [0.25, 0.3) is 0 Å². The molecule has 9 heteroatoms. The van der Waals surface area contributed by atoms with Crippen molar-refractivity contribution in [2.75, 3.05) is 0 Å². The number of hydrogen-bond donors (Lipinski definition) is 2. The second kappa shape index (κ2) is 6.73. The minimum absolute atomic E-state index is 0.0860. The molecule has 148 valence electrons. The molecule has 0 aliphatic carbocycles. The van der Waals surface area contributed by atoms with Crippen LogP contribution in [0.4, 0.5) is 4.39 Å². The summed E-state index contributed by atoms with van der Waals surface area (Å²) in [7, 11) is -2.32. The smallest absolute Gasteiger partial charge is 0.238 e. The SMILES string of the molecule is Cn1c(C(O)(c2ccccc2)c2ncccc2F)nc2ccc(S(N)(=O)=O)cc21. The maximum atomic E-state index is 14.7. The summed E-state index contributed by atoms with van der Waals surface area (Å²) < 4.78 is 39.7. The van der Waals surface area contributed by atoms with E-state index in [-0.39, 0.29) is 16.4 Å². The minimum Gasteiger partial charge on any atom is -0.372 e. The fourth-order valence-corrected chi connectivity index (χ4v) is 3.91. The van der Waals surface area contributed by atoms with Crippen molar-refractivity contribution in [2.24, 2.45) is 12.2 Å². The summed E-state index contributed by atoms with van der Waals surface area (Å²) in [5, 5.41) is 17.0. The average molecular weight is 412 g/mol. The fraction of sp³-hybridized carbons (Fsp3) is 0.100. The van der Waals surface area contributed by atoms with Crippen LogP contribution >= 0.6 is 0 Å². The Bertz CT molecular complexity index is 1320. The molecule has 0 amide bonds. The number of aliphatic hydroxyl groups is 1. The summed E-state index contributed by atoms with van der Waals surface area (Å²) in [6.07, 6.45) is 1.38. The molecular weight excluding hydrogens is 395 g/mol. The zero-order chi connectivity index (χ0) is 20.8. The molecule has 0 aliphatic rings. The van der Waals surface area contributed by atoms with Crippen LogP contribution in [0, 0.1) is 5.82 Å². The third-order valence-electron chi connectivity index (χ3n) is 4.80. The number of fused-ring (bicyclic) bond motifs is 1. The van der Waals surface area contributed by atoms with Gasteiger partial charge in [-0.05, 0) is 35.9 Å². The molecule has 0 saturated carbocycles. The van der Waals surface area contributed by atoms with Gasteiger partial charge in [0.15, 0.2) is 11.4 Å². The van der Waals surface area contributed by atoms with Crippen LogP contribution in [0.25, 0.3) is 11.0 Å². The molecule has 2 aromatic heterocycles. The normalized spacial score (nSPS) is 14.1. The van der Waals surface area contributed by atoms with Crippen molar-refractivity contribution < 1.29 is 17.9 Å². The Hall–Kier alpha value is -3.14. The van der Waals surface area contributed by atoms with Crippen molar-refractivity contribution in [1.82, 2.24) is 14.5 Å². The second-order valence-corrected chi connectivity index (χ2v) is 8.16. The maximum absolute atomic E-state index is 14.7. The molecule has 0 spiro atoms. The molecule has 0 radical (unpaired) electrons. The summed E-state index contributed by atoms with van der Waals surface area (Å²) in [6, 6.07) is 15.3. The van der Waals surface area contributed by atoms with E-state index in [2.05, 4.69) is 9.97 Å². The highest BCUT2D eigenvalue weighted by atomic mass is 32.2. The number of nitrogens with zero attached hydrogens (tertiary/aromatic N) is 3. The highest BCUT2D eigenvalue weighted by molar-refractivity contribution is 7.89. The van der Waals surface area contributed by atoms with Crippen molar-refractivity contribution in [1.29, 1.82) is 0 Å². The second-order valence-electron chi connectivity index (χ2n) is 6.60. The number of aromatic nitrogens is 3. The Morgan fingerprint density at radius 1 is 1.10 bits per heavy atom. The first-order chi connectivity index (χ1) is 13.7. The molecule has 3 N–H and O–H groups in total. The van der Waals surface area contributed by atoms with Crippen LogP contribution < -0.4 is 5.14 Å². The summed E-state index contributed by atoms with van der Waals surface area (Å²) in [5.74, 6) is -0.612. The van der Waals surface area contributed by atoms with Gasteiger partial charge in [-0.15, -0.1) is 0 Å². The molecule has 2 aromatic carbocycles. The predicted octanol–water partition coefficient (Wildman–Crippen LogP) is 2.04. The number of pyridine rings is 1. The molecule has 4 aromatic rings. The molecule has 7 nitrogen and oxygen atoms in total. The van der Waals surface area contributed by atoms with Crippen LogP contribution in [-0.4, -0.2) is 28.1 Å². The summed E-state index contributed by atoms with van der Waals surface area (Å²) >= 11 is 0. The van der Waals surface area contributed by atoms with Gasteiger partial charge in [0.2, 0.25) is 10.0 Å². The van der Waals surface area contributed by atoms with Gasteiger partial charge >= 0.3 is 0 Å². The summed E-state index contributed by atoms with van der Waals surface area (Å²) in [4.78, 5) is 8.46. The number of hydrogen-bond acceptors (Lipinski definition) is 5. The lowest BCUT2D eigenvalue weighted by molar-refractivity contribution is 0.103. The number of primary sulfonamides is 1. The van der Waals surface area contributed by atoms with Gasteiger partial charge in [0.1, 0.15) is 11.5 Å². The fourth-order valence-electron chi connectivity index (χ4n) is 3.37. The Labute approximate surface area is 166 Å². The number of rotatable bonds is 4. The van der Waals surface area contributed by atoms with Crippen molar-refractivity contribution in [3.05, 3.63) is 89.8 Å². The third kappa shape index (κ3) is 3.09. The first-order valence-electron chi connectivity index (χ1n) is 8.61. The minimum atomic E-state index is -3.92. The molecule has 29 heavy (non-hydrogen) atoms. The van der Waals surface area contributed by atoms with E-state index in [9.17, 15) is 17.9 Å². The van der Waals surface area contributed by atoms with E-state index in [1.165, 1.54) is 41.1 Å². The number of aryl methyl sites for hydroxylation is 1. The monoisotopic (exact) mass is 412 g/mol. The number of halogens is 1. The van der Waals surface area contributed by atoms with E-state index < -0.39 is 21.4 Å². The van der Waals surface area contributed by atoms with Gasteiger partial charge in [-0.3, -0.25) is 4.98 Å². The lowest BCUT2D eigenvalue weighted by atomic mass is 9.88. The average Bonchev–Trinajstić information content (AvgIpc) is 3.04. The van der Waals surface area contributed by atoms with Gasteiger partial charge < -0.3 is 9.67 Å². The maximum Gasteiger partial charge on any atom is 0.238 e. The summed E-state index contributed by atoms with van der Waals surface area (Å²) in [6.45, 7) is 0. The number of sulfonamides is 1. The van der Waals surface area contributed by atoms with E-state index in [0.29, 0.717) is 16.6 Å². The molecule has 2 heterocycles. The quantitative estimate of drug-likeness (QED) is 0.533. The lowest BCUT2D eigenvalue weighted by Gasteiger charge is -2.28. The molecule has 0 bridgehead atoms. The van der Waals surface area contributed by atoms with Crippen LogP contribution in [0.2, 0.25) is 0 Å². The van der Waals surface area contributed by atoms with Crippen LogP contribution in [-0.2, 0) is 22.7 Å². The van der Waals surface area contributed by atoms with E-state index in [1.54, 1.807) is 37.4 Å². The highest BCUT2D eigenvalue weighted by Crippen LogP contribution is 2.37. The number of imidazole rings is 1. The van der Waals surface area contributed by atoms with Crippen LogP contribution in [0.15, 0.2) is 71.8 Å². The molecule has 0 aliphatic heterocycles. The molecule has 0 saturated heterocycles. The molecular formula is C20H17FN4O3S. The van der Waals surface area contributed by atoms with E-state index in [0.717, 1.165) is 0 Å². The first kappa shape index (κ1) is 19.2. The molecule has 1 atom stereocenters. The van der Waals surface area contributed by atoms with Gasteiger partial charge in [0.05, 0.1) is 15.9 Å². The standard InChI is InChI=1S/C20H17FN4O3S/c1-25-17-12-14(29(22,27)28)9-10-16(17)24-19(25)20(26,13-6-3-2-4-7-13)18-15(21)8-5-11-23-18/h2-12,26H,1H3,(H2,22,27,28). The Morgan fingerprint density at radius 3 is 2.48 bits per heavy atom. The van der Waals surface area contributed by atoms with Crippen LogP contribution in [0.3, 0.4) is 0 Å². The molecule has 1 unspecified atom stereocenters. The largest absolute Gasteiger partial charge is 0.372 e. The Balaban J connectivity index is 2.06. The van der Waals surface area contributed by atoms with Gasteiger partial charge in [-0.25, -0.2) is 22.9 Å². The van der Waals surface area contributed by atoms with Crippen molar-refractivity contribution in [3.63, 3.8) is 0 Å². The van der Waals surface area contributed by atoms with Crippen LogP contribution in [0.5, 0.6) is 0 Å². The van der Waals surface area contributed by atoms with Crippen molar-refractivity contribution in [2.45, 2.75) is 10.5 Å². The molecule has 4 rings (SSSR count). The van der Waals surface area contributed by atoms with Crippen LogP contribution in [0.1, 0.15) is 17.1 Å².